The zero-order valence-corrected chi connectivity index (χ0v) is 14.6. The first-order valence-corrected chi connectivity index (χ1v) is 8.05. The van der Waals surface area contributed by atoms with E-state index in [0.29, 0.717) is 12.2 Å². The number of anilines is 3. The Balaban J connectivity index is 1.75. The van der Waals surface area contributed by atoms with E-state index >= 15 is 0 Å². The van der Waals surface area contributed by atoms with E-state index in [1.165, 1.54) is 12.1 Å². The van der Waals surface area contributed by atoms with Crippen LogP contribution in [-0.4, -0.2) is 34.3 Å². The maximum atomic E-state index is 13.3. The predicted molar refractivity (Wildman–Crippen MR) is 97.5 cm³/mol. The number of nitrogens with one attached hydrogen (secondary N) is 3. The molecule has 3 rings (SSSR count). The van der Waals surface area contributed by atoms with Crippen molar-refractivity contribution in [3.05, 3.63) is 47.8 Å². The standard InChI is InChI=1S/C18H23FN4O2/c1-23-11-21-15-7-8-16(24-2)14(17(15)23)10-20-18(25-3)22-13-6-4-5-12(19)9-13/h4-9,18,20-22H,10-11H2,1-3H3. The highest BCUT2D eigenvalue weighted by Crippen LogP contribution is 2.39. The van der Waals surface area contributed by atoms with Gasteiger partial charge in [0.15, 0.2) is 6.35 Å². The van der Waals surface area contributed by atoms with Crippen LogP contribution in [-0.2, 0) is 11.3 Å². The third kappa shape index (κ3) is 3.78. The zero-order valence-electron chi connectivity index (χ0n) is 14.6. The van der Waals surface area contributed by atoms with Gasteiger partial charge in [0.1, 0.15) is 11.6 Å². The molecule has 1 aliphatic rings. The number of halogens is 1. The van der Waals surface area contributed by atoms with Gasteiger partial charge in [0.05, 0.1) is 25.2 Å². The Bertz CT molecular complexity index is 741. The lowest BCUT2D eigenvalue weighted by Gasteiger charge is -2.23. The van der Waals surface area contributed by atoms with Gasteiger partial charge in [-0.05, 0) is 30.3 Å². The molecular formula is C18H23FN4O2. The SMILES string of the molecule is COc1ccc2c(c1CNC(Nc1cccc(F)c1)OC)N(C)CN2. The summed E-state index contributed by atoms with van der Waals surface area (Å²) in [5.74, 6) is 0.512. The van der Waals surface area contributed by atoms with Gasteiger partial charge in [-0.2, -0.15) is 0 Å². The number of hydrogen-bond acceptors (Lipinski definition) is 6. The number of hydrogen-bond donors (Lipinski definition) is 3. The van der Waals surface area contributed by atoms with Crippen LogP contribution in [0.15, 0.2) is 36.4 Å². The molecule has 1 aliphatic heterocycles. The second kappa shape index (κ2) is 7.58. The number of nitrogens with zero attached hydrogens (tertiary/aromatic N) is 1. The number of rotatable bonds is 7. The summed E-state index contributed by atoms with van der Waals surface area (Å²) in [6.45, 7) is 1.28. The van der Waals surface area contributed by atoms with Gasteiger partial charge in [-0.3, -0.25) is 5.32 Å². The van der Waals surface area contributed by atoms with Crippen LogP contribution in [0.5, 0.6) is 5.75 Å². The van der Waals surface area contributed by atoms with E-state index in [4.69, 9.17) is 9.47 Å². The van der Waals surface area contributed by atoms with Crippen LogP contribution in [0.25, 0.3) is 0 Å². The van der Waals surface area contributed by atoms with Crippen LogP contribution in [0.4, 0.5) is 21.5 Å². The fourth-order valence-electron chi connectivity index (χ4n) is 2.96. The van der Waals surface area contributed by atoms with Crippen molar-refractivity contribution in [2.45, 2.75) is 12.9 Å². The highest BCUT2D eigenvalue weighted by Gasteiger charge is 2.22. The van der Waals surface area contributed by atoms with Crippen molar-refractivity contribution in [2.75, 3.05) is 43.5 Å². The molecule has 0 fully saturated rings. The van der Waals surface area contributed by atoms with E-state index in [0.717, 1.165) is 29.4 Å². The molecule has 1 unspecified atom stereocenters. The van der Waals surface area contributed by atoms with Crippen molar-refractivity contribution in [1.29, 1.82) is 0 Å². The summed E-state index contributed by atoms with van der Waals surface area (Å²) >= 11 is 0. The minimum atomic E-state index is -0.470. The van der Waals surface area contributed by atoms with Gasteiger partial charge in [0.2, 0.25) is 0 Å². The minimum Gasteiger partial charge on any atom is -0.496 e. The molecule has 7 heteroatoms. The zero-order chi connectivity index (χ0) is 17.8. The topological polar surface area (TPSA) is 57.8 Å². The fourth-order valence-corrected chi connectivity index (χ4v) is 2.96. The van der Waals surface area contributed by atoms with Gasteiger partial charge in [0.25, 0.3) is 0 Å². The van der Waals surface area contributed by atoms with E-state index < -0.39 is 6.35 Å². The van der Waals surface area contributed by atoms with Crippen molar-refractivity contribution in [3.8, 4) is 5.75 Å². The number of ether oxygens (including phenoxy) is 2. The second-order valence-corrected chi connectivity index (χ2v) is 5.83. The van der Waals surface area contributed by atoms with Crippen molar-refractivity contribution in [3.63, 3.8) is 0 Å². The van der Waals surface area contributed by atoms with Gasteiger partial charge in [-0.25, -0.2) is 4.39 Å². The van der Waals surface area contributed by atoms with E-state index in [1.54, 1.807) is 26.4 Å². The maximum absolute atomic E-state index is 13.3. The molecule has 0 aromatic heterocycles. The van der Waals surface area contributed by atoms with E-state index in [9.17, 15) is 4.39 Å². The Morgan fingerprint density at radius 1 is 1.28 bits per heavy atom. The van der Waals surface area contributed by atoms with E-state index in [-0.39, 0.29) is 5.82 Å². The molecule has 0 aliphatic carbocycles. The van der Waals surface area contributed by atoms with Crippen LogP contribution < -0.4 is 25.6 Å². The molecule has 6 nitrogen and oxygen atoms in total. The number of fused-ring (bicyclic) bond motifs is 1. The Morgan fingerprint density at radius 2 is 2.12 bits per heavy atom. The number of methoxy groups -OCH3 is 2. The van der Waals surface area contributed by atoms with Crippen LogP contribution in [0.3, 0.4) is 0 Å². The van der Waals surface area contributed by atoms with Gasteiger partial charge in [-0.1, -0.05) is 6.07 Å². The summed E-state index contributed by atoms with van der Waals surface area (Å²) in [5.41, 5.74) is 3.86. The monoisotopic (exact) mass is 346 g/mol. The maximum Gasteiger partial charge on any atom is 0.184 e. The Labute approximate surface area is 146 Å². The highest BCUT2D eigenvalue weighted by molar-refractivity contribution is 5.80. The lowest BCUT2D eigenvalue weighted by Crippen LogP contribution is -2.37. The van der Waals surface area contributed by atoms with Crippen molar-refractivity contribution < 1.29 is 13.9 Å². The first-order chi connectivity index (χ1) is 12.1. The average molecular weight is 346 g/mol. The number of benzene rings is 2. The Kier molecular flexibility index (Phi) is 5.25. The van der Waals surface area contributed by atoms with Crippen LogP contribution in [0, 0.1) is 5.82 Å². The van der Waals surface area contributed by atoms with Crippen molar-refractivity contribution in [2.24, 2.45) is 0 Å². The predicted octanol–water partition coefficient (Wildman–Crippen LogP) is 2.79. The molecule has 0 saturated heterocycles. The van der Waals surface area contributed by atoms with Crippen molar-refractivity contribution >= 4 is 17.1 Å². The molecule has 1 heterocycles. The first-order valence-electron chi connectivity index (χ1n) is 8.05. The molecule has 1 atom stereocenters. The lowest BCUT2D eigenvalue weighted by molar-refractivity contribution is 0.0950. The summed E-state index contributed by atoms with van der Waals surface area (Å²) in [4.78, 5) is 2.14. The van der Waals surface area contributed by atoms with Gasteiger partial charge >= 0.3 is 0 Å². The van der Waals surface area contributed by atoms with Gasteiger partial charge < -0.3 is 25.0 Å². The fraction of sp³-hybridized carbons (Fsp3) is 0.333. The summed E-state index contributed by atoms with van der Waals surface area (Å²) < 4.78 is 24.3. The molecule has 0 bridgehead atoms. The molecule has 2 aromatic rings. The molecule has 3 N–H and O–H groups in total. The smallest absolute Gasteiger partial charge is 0.184 e. The molecule has 25 heavy (non-hydrogen) atoms. The molecule has 0 amide bonds. The van der Waals surface area contributed by atoms with E-state index in [1.807, 2.05) is 19.2 Å². The van der Waals surface area contributed by atoms with Crippen LogP contribution in [0.2, 0.25) is 0 Å². The molecule has 0 radical (unpaired) electrons. The van der Waals surface area contributed by atoms with Crippen LogP contribution >= 0.6 is 0 Å². The summed E-state index contributed by atoms with van der Waals surface area (Å²) in [6.07, 6.45) is -0.470. The summed E-state index contributed by atoms with van der Waals surface area (Å²) in [7, 11) is 5.28. The van der Waals surface area contributed by atoms with E-state index in [2.05, 4.69) is 20.9 Å². The second-order valence-electron chi connectivity index (χ2n) is 5.83. The molecular weight excluding hydrogens is 323 g/mol. The molecule has 2 aromatic carbocycles. The lowest BCUT2D eigenvalue weighted by atomic mass is 10.1. The van der Waals surface area contributed by atoms with Gasteiger partial charge in [0, 0.05) is 32.0 Å². The molecule has 0 spiro atoms. The largest absolute Gasteiger partial charge is 0.496 e. The Hall–Kier alpha value is -2.51. The average Bonchev–Trinajstić information content (AvgIpc) is 2.99. The first kappa shape index (κ1) is 17.3. The third-order valence-corrected chi connectivity index (χ3v) is 4.17. The Morgan fingerprint density at radius 3 is 2.84 bits per heavy atom. The molecule has 0 saturated carbocycles. The minimum absolute atomic E-state index is 0.296. The highest BCUT2D eigenvalue weighted by atomic mass is 19.1. The normalized spacial score (nSPS) is 14.0. The molecule has 134 valence electrons. The van der Waals surface area contributed by atoms with Gasteiger partial charge in [-0.15, -0.1) is 0 Å². The summed E-state index contributed by atoms with van der Waals surface area (Å²) in [6, 6.07) is 10.2. The third-order valence-electron chi connectivity index (χ3n) is 4.17. The quantitative estimate of drug-likeness (QED) is 0.670. The summed E-state index contributed by atoms with van der Waals surface area (Å²) in [5, 5.41) is 9.74. The van der Waals surface area contributed by atoms with Crippen LogP contribution in [0.1, 0.15) is 5.56 Å². The van der Waals surface area contributed by atoms with Crippen molar-refractivity contribution in [1.82, 2.24) is 5.32 Å².